The number of carbonyl (C=O) groups is 3. The Labute approximate surface area is 170 Å². The molecule has 0 bridgehead atoms. The number of amides is 3. The molecule has 2 aromatic rings. The van der Waals surface area contributed by atoms with Crippen LogP contribution in [0.3, 0.4) is 0 Å². The highest BCUT2D eigenvalue weighted by atomic mass is 16.5. The van der Waals surface area contributed by atoms with Gasteiger partial charge in [-0.05, 0) is 42.2 Å². The molecule has 0 aliphatic heterocycles. The van der Waals surface area contributed by atoms with Crippen molar-refractivity contribution in [3.8, 4) is 5.75 Å². The third-order valence-electron chi connectivity index (χ3n) is 5.25. The van der Waals surface area contributed by atoms with Gasteiger partial charge in [-0.25, -0.2) is 4.79 Å². The van der Waals surface area contributed by atoms with Crippen LogP contribution < -0.4 is 15.4 Å². The fourth-order valence-corrected chi connectivity index (χ4v) is 3.22. The monoisotopic (exact) mass is 394 g/mol. The van der Waals surface area contributed by atoms with Gasteiger partial charge in [-0.15, -0.1) is 0 Å². The van der Waals surface area contributed by atoms with Crippen molar-refractivity contribution in [2.45, 2.75) is 32.1 Å². The fraction of sp³-hybridized carbons (Fsp3) is 0.348. The molecule has 1 aliphatic carbocycles. The number of ether oxygens (including phenoxy) is 1. The van der Waals surface area contributed by atoms with Gasteiger partial charge < -0.3 is 10.1 Å². The minimum Gasteiger partial charge on any atom is -0.497 e. The van der Waals surface area contributed by atoms with E-state index in [9.17, 15) is 14.4 Å². The summed E-state index contributed by atoms with van der Waals surface area (Å²) in [6.07, 6.45) is 4.67. The van der Waals surface area contributed by atoms with Gasteiger partial charge in [0.25, 0.3) is 5.91 Å². The van der Waals surface area contributed by atoms with Crippen molar-refractivity contribution in [2.75, 3.05) is 13.7 Å². The molecule has 1 saturated carbocycles. The van der Waals surface area contributed by atoms with Crippen LogP contribution in [-0.2, 0) is 6.42 Å². The molecular weight excluding hydrogens is 368 g/mol. The van der Waals surface area contributed by atoms with Crippen LogP contribution in [0.4, 0.5) is 4.79 Å². The number of imide groups is 1. The minimum atomic E-state index is -0.548. The molecule has 0 aromatic heterocycles. The number of methoxy groups -OCH3 is 1. The first-order valence-electron chi connectivity index (χ1n) is 9.90. The summed E-state index contributed by atoms with van der Waals surface area (Å²) < 4.78 is 5.11. The van der Waals surface area contributed by atoms with Crippen molar-refractivity contribution in [3.05, 3.63) is 65.2 Å². The molecule has 29 heavy (non-hydrogen) atoms. The molecule has 0 saturated heterocycles. The van der Waals surface area contributed by atoms with E-state index in [0.717, 1.165) is 24.2 Å². The van der Waals surface area contributed by atoms with E-state index in [1.54, 1.807) is 31.4 Å². The van der Waals surface area contributed by atoms with Gasteiger partial charge in [0.05, 0.1) is 7.11 Å². The summed E-state index contributed by atoms with van der Waals surface area (Å²) in [5.41, 5.74) is 2.01. The third-order valence-corrected chi connectivity index (χ3v) is 5.25. The summed E-state index contributed by atoms with van der Waals surface area (Å²) in [7, 11) is 1.61. The van der Waals surface area contributed by atoms with Gasteiger partial charge in [-0.3, -0.25) is 14.9 Å². The molecule has 1 fully saturated rings. The average Bonchev–Trinajstić information content (AvgIpc) is 2.71. The maximum absolute atomic E-state index is 12.2. The Morgan fingerprint density at radius 2 is 1.62 bits per heavy atom. The van der Waals surface area contributed by atoms with Crippen LogP contribution in [0.25, 0.3) is 0 Å². The highest BCUT2D eigenvalue weighted by Gasteiger charge is 2.21. The van der Waals surface area contributed by atoms with Crippen LogP contribution in [0.5, 0.6) is 5.75 Å². The number of rotatable bonds is 8. The van der Waals surface area contributed by atoms with E-state index in [1.807, 2.05) is 24.3 Å². The molecule has 0 unspecified atom stereocenters. The van der Waals surface area contributed by atoms with Gasteiger partial charge in [0.1, 0.15) is 5.75 Å². The van der Waals surface area contributed by atoms with E-state index in [0.29, 0.717) is 36.4 Å². The molecule has 152 valence electrons. The molecule has 3 rings (SSSR count). The third kappa shape index (κ3) is 5.91. The molecule has 0 atom stereocenters. The molecule has 6 nitrogen and oxygen atoms in total. The minimum absolute atomic E-state index is 0.109. The molecule has 0 spiro atoms. The SMILES string of the molecule is COc1ccc(CCNC(=O)NC(=O)c2ccc(C(=O)CC3CCC3)cc2)cc1. The Balaban J connectivity index is 1.42. The van der Waals surface area contributed by atoms with E-state index >= 15 is 0 Å². The standard InChI is InChI=1S/C23H26N2O4/c1-29-20-11-5-16(6-12-20)13-14-24-23(28)25-22(27)19-9-7-18(8-10-19)21(26)15-17-3-2-4-17/h5-12,17H,2-4,13-15H2,1H3,(H2,24,25,27,28). The predicted octanol–water partition coefficient (Wildman–Crippen LogP) is 3.75. The normalized spacial score (nSPS) is 13.3. The number of hydrogen-bond donors (Lipinski definition) is 2. The van der Waals surface area contributed by atoms with Crippen LogP contribution in [0.2, 0.25) is 0 Å². The van der Waals surface area contributed by atoms with Gasteiger partial charge in [-0.2, -0.15) is 0 Å². The summed E-state index contributed by atoms with van der Waals surface area (Å²) in [5.74, 6) is 0.899. The zero-order valence-electron chi connectivity index (χ0n) is 16.6. The highest BCUT2D eigenvalue weighted by molar-refractivity contribution is 6.05. The predicted molar refractivity (Wildman–Crippen MR) is 110 cm³/mol. The summed E-state index contributed by atoms with van der Waals surface area (Å²) in [6, 6.07) is 13.5. The van der Waals surface area contributed by atoms with Crippen molar-refractivity contribution in [3.63, 3.8) is 0 Å². The van der Waals surface area contributed by atoms with Crippen molar-refractivity contribution in [2.24, 2.45) is 5.92 Å². The first-order chi connectivity index (χ1) is 14.0. The lowest BCUT2D eigenvalue weighted by Crippen LogP contribution is -2.40. The zero-order valence-corrected chi connectivity index (χ0v) is 16.6. The number of nitrogens with one attached hydrogen (secondary N) is 2. The lowest BCUT2D eigenvalue weighted by molar-refractivity contribution is 0.0931. The molecule has 0 heterocycles. The van der Waals surface area contributed by atoms with E-state index in [2.05, 4.69) is 10.6 Å². The van der Waals surface area contributed by atoms with Crippen LogP contribution >= 0.6 is 0 Å². The largest absolute Gasteiger partial charge is 0.497 e. The lowest BCUT2D eigenvalue weighted by atomic mass is 9.81. The number of benzene rings is 2. The number of carbonyl (C=O) groups excluding carboxylic acids is 3. The second kappa shape index (κ2) is 9.87. The van der Waals surface area contributed by atoms with Crippen LogP contribution in [-0.4, -0.2) is 31.4 Å². The lowest BCUT2D eigenvalue weighted by Gasteiger charge is -2.24. The van der Waals surface area contributed by atoms with E-state index < -0.39 is 11.9 Å². The number of Topliss-reactive ketones (excluding diaryl/α,β-unsaturated/α-hetero) is 1. The van der Waals surface area contributed by atoms with E-state index in [1.165, 1.54) is 6.42 Å². The van der Waals surface area contributed by atoms with Crippen LogP contribution in [0.1, 0.15) is 52.0 Å². The van der Waals surface area contributed by atoms with Crippen molar-refractivity contribution in [1.29, 1.82) is 0 Å². The molecular formula is C23H26N2O4. The van der Waals surface area contributed by atoms with Gasteiger partial charge in [0, 0.05) is 24.1 Å². The van der Waals surface area contributed by atoms with Crippen molar-refractivity contribution >= 4 is 17.7 Å². The molecule has 2 N–H and O–H groups in total. The molecule has 1 aliphatic rings. The van der Waals surface area contributed by atoms with Crippen molar-refractivity contribution < 1.29 is 19.1 Å². The molecule has 2 aromatic carbocycles. The van der Waals surface area contributed by atoms with Gasteiger partial charge in [-0.1, -0.05) is 43.5 Å². The summed E-state index contributed by atoms with van der Waals surface area (Å²) in [4.78, 5) is 36.3. The maximum atomic E-state index is 12.2. The first-order valence-corrected chi connectivity index (χ1v) is 9.90. The Morgan fingerprint density at radius 1 is 0.966 bits per heavy atom. The number of hydrogen-bond acceptors (Lipinski definition) is 4. The molecule has 3 amide bonds. The summed E-state index contributed by atoms with van der Waals surface area (Å²) in [6.45, 7) is 0.403. The Kier molecular flexibility index (Phi) is 7.00. The van der Waals surface area contributed by atoms with E-state index in [4.69, 9.17) is 4.74 Å². The van der Waals surface area contributed by atoms with Gasteiger partial charge in [0.15, 0.2) is 5.78 Å². The van der Waals surface area contributed by atoms with Gasteiger partial charge >= 0.3 is 6.03 Å². The number of urea groups is 1. The first kappa shape index (κ1) is 20.6. The second-order valence-corrected chi connectivity index (χ2v) is 7.31. The van der Waals surface area contributed by atoms with Crippen molar-refractivity contribution in [1.82, 2.24) is 10.6 Å². The average molecular weight is 394 g/mol. The van der Waals surface area contributed by atoms with Crippen LogP contribution in [0, 0.1) is 5.92 Å². The Hall–Kier alpha value is -3.15. The molecule has 6 heteroatoms. The zero-order chi connectivity index (χ0) is 20.6. The maximum Gasteiger partial charge on any atom is 0.321 e. The van der Waals surface area contributed by atoms with Gasteiger partial charge in [0.2, 0.25) is 0 Å². The quantitative estimate of drug-likeness (QED) is 0.668. The van der Waals surface area contributed by atoms with Crippen LogP contribution in [0.15, 0.2) is 48.5 Å². The summed E-state index contributed by atoms with van der Waals surface area (Å²) in [5, 5.41) is 4.97. The van der Waals surface area contributed by atoms with E-state index in [-0.39, 0.29) is 5.78 Å². The topological polar surface area (TPSA) is 84.5 Å². The fourth-order valence-electron chi connectivity index (χ4n) is 3.22. The number of ketones is 1. The smallest absolute Gasteiger partial charge is 0.321 e. The Morgan fingerprint density at radius 3 is 2.21 bits per heavy atom. The summed E-state index contributed by atoms with van der Waals surface area (Å²) >= 11 is 0. The molecule has 0 radical (unpaired) electrons. The highest BCUT2D eigenvalue weighted by Crippen LogP contribution is 2.30. The Bertz CT molecular complexity index is 855. The second-order valence-electron chi connectivity index (χ2n) is 7.31.